The molecule has 0 aliphatic rings. The summed E-state index contributed by atoms with van der Waals surface area (Å²) in [6, 6.07) is 3.99. The van der Waals surface area contributed by atoms with Gasteiger partial charge < -0.3 is 11.5 Å². The molecule has 0 spiro atoms. The summed E-state index contributed by atoms with van der Waals surface area (Å²) < 4.78 is 12.6. The zero-order valence-corrected chi connectivity index (χ0v) is 7.89. The predicted octanol–water partition coefficient (Wildman–Crippen LogP) is 1.83. The minimum atomic E-state index is -0.353. The molecular formula is C9H12ClFN2. The van der Waals surface area contributed by atoms with E-state index in [0.29, 0.717) is 18.0 Å². The Morgan fingerprint density at radius 3 is 2.69 bits per heavy atom. The smallest absolute Gasteiger partial charge is 0.124 e. The normalized spacial score (nSPS) is 12.9. The molecule has 1 unspecified atom stereocenters. The van der Waals surface area contributed by atoms with Gasteiger partial charge in [-0.2, -0.15) is 0 Å². The molecule has 0 saturated carbocycles. The number of nitrogens with two attached hydrogens (primary N) is 2. The van der Waals surface area contributed by atoms with Gasteiger partial charge in [0.25, 0.3) is 0 Å². The number of hydrogen-bond acceptors (Lipinski definition) is 2. The Bertz CT molecular complexity index is 291. The molecule has 0 heterocycles. The molecule has 1 rings (SSSR count). The van der Waals surface area contributed by atoms with Crippen LogP contribution in [0.25, 0.3) is 0 Å². The van der Waals surface area contributed by atoms with Gasteiger partial charge in [0, 0.05) is 11.1 Å². The van der Waals surface area contributed by atoms with E-state index in [0.717, 1.165) is 5.56 Å². The van der Waals surface area contributed by atoms with Crippen molar-refractivity contribution in [1.82, 2.24) is 0 Å². The molecule has 1 aromatic rings. The Kier molecular flexibility index (Phi) is 3.66. The van der Waals surface area contributed by atoms with Crippen molar-refractivity contribution in [3.05, 3.63) is 34.6 Å². The first-order valence-electron chi connectivity index (χ1n) is 4.05. The van der Waals surface area contributed by atoms with Crippen LogP contribution in [0.2, 0.25) is 5.02 Å². The van der Waals surface area contributed by atoms with Gasteiger partial charge in [-0.15, -0.1) is 0 Å². The number of rotatable bonds is 3. The second-order valence-corrected chi connectivity index (χ2v) is 3.26. The monoisotopic (exact) mass is 202 g/mol. The summed E-state index contributed by atoms with van der Waals surface area (Å²) in [7, 11) is 0. The standard InChI is InChI=1S/C9H12ClFN2/c10-8-5-6(11)1-2-7(8)9(13)3-4-12/h1-2,5,9H,3-4,12-13H2. The SMILES string of the molecule is NCCC(N)c1ccc(F)cc1Cl. The third-order valence-corrected chi connectivity index (χ3v) is 2.17. The van der Waals surface area contributed by atoms with Gasteiger partial charge >= 0.3 is 0 Å². The van der Waals surface area contributed by atoms with Crippen LogP contribution in [0.4, 0.5) is 4.39 Å². The van der Waals surface area contributed by atoms with Crippen LogP contribution in [0.3, 0.4) is 0 Å². The zero-order chi connectivity index (χ0) is 9.84. The third kappa shape index (κ3) is 2.66. The predicted molar refractivity (Wildman–Crippen MR) is 52.0 cm³/mol. The van der Waals surface area contributed by atoms with E-state index < -0.39 is 0 Å². The Labute approximate surface area is 81.7 Å². The van der Waals surface area contributed by atoms with Crippen LogP contribution in [0, 0.1) is 5.82 Å². The Balaban J connectivity index is 2.88. The summed E-state index contributed by atoms with van der Waals surface area (Å²) in [5.41, 5.74) is 11.9. The van der Waals surface area contributed by atoms with Crippen LogP contribution in [0.5, 0.6) is 0 Å². The molecule has 0 aliphatic carbocycles. The van der Waals surface area contributed by atoms with Crippen LogP contribution in [-0.2, 0) is 0 Å². The molecule has 0 bridgehead atoms. The average molecular weight is 203 g/mol. The van der Waals surface area contributed by atoms with Crippen molar-refractivity contribution in [3.8, 4) is 0 Å². The van der Waals surface area contributed by atoms with E-state index >= 15 is 0 Å². The van der Waals surface area contributed by atoms with Gasteiger partial charge in [0.15, 0.2) is 0 Å². The Morgan fingerprint density at radius 2 is 2.15 bits per heavy atom. The summed E-state index contributed by atoms with van der Waals surface area (Å²) in [6.07, 6.45) is 0.644. The molecule has 0 saturated heterocycles. The fraction of sp³-hybridized carbons (Fsp3) is 0.333. The quantitative estimate of drug-likeness (QED) is 0.786. The lowest BCUT2D eigenvalue weighted by Crippen LogP contribution is -2.15. The molecule has 0 aromatic heterocycles. The van der Waals surface area contributed by atoms with Gasteiger partial charge in [-0.3, -0.25) is 0 Å². The van der Waals surface area contributed by atoms with Crippen molar-refractivity contribution in [2.75, 3.05) is 6.54 Å². The Hall–Kier alpha value is -0.640. The molecule has 0 radical (unpaired) electrons. The highest BCUT2D eigenvalue weighted by Crippen LogP contribution is 2.23. The maximum atomic E-state index is 12.6. The molecule has 72 valence electrons. The first kappa shape index (κ1) is 10.4. The van der Waals surface area contributed by atoms with E-state index in [1.54, 1.807) is 6.07 Å². The topological polar surface area (TPSA) is 52.0 Å². The molecule has 13 heavy (non-hydrogen) atoms. The molecule has 1 aromatic carbocycles. The van der Waals surface area contributed by atoms with Gasteiger partial charge in [-0.25, -0.2) is 4.39 Å². The van der Waals surface area contributed by atoms with Crippen molar-refractivity contribution in [1.29, 1.82) is 0 Å². The molecule has 0 amide bonds. The van der Waals surface area contributed by atoms with E-state index in [4.69, 9.17) is 23.1 Å². The highest BCUT2D eigenvalue weighted by Gasteiger charge is 2.09. The lowest BCUT2D eigenvalue weighted by atomic mass is 10.0. The second kappa shape index (κ2) is 4.56. The van der Waals surface area contributed by atoms with E-state index in [9.17, 15) is 4.39 Å². The van der Waals surface area contributed by atoms with Crippen LogP contribution in [0.15, 0.2) is 18.2 Å². The lowest BCUT2D eigenvalue weighted by molar-refractivity contribution is 0.621. The zero-order valence-electron chi connectivity index (χ0n) is 7.13. The van der Waals surface area contributed by atoms with Gasteiger partial charge in [0.1, 0.15) is 5.82 Å². The molecule has 2 nitrogen and oxygen atoms in total. The first-order chi connectivity index (χ1) is 6.15. The summed E-state index contributed by atoms with van der Waals surface area (Å²) in [5, 5.41) is 0.362. The molecule has 4 heteroatoms. The molecular weight excluding hydrogens is 191 g/mol. The van der Waals surface area contributed by atoms with Crippen molar-refractivity contribution < 1.29 is 4.39 Å². The van der Waals surface area contributed by atoms with Gasteiger partial charge in [0.05, 0.1) is 0 Å². The third-order valence-electron chi connectivity index (χ3n) is 1.84. The summed E-state index contributed by atoms with van der Waals surface area (Å²) in [4.78, 5) is 0. The van der Waals surface area contributed by atoms with E-state index in [1.165, 1.54) is 12.1 Å². The fourth-order valence-electron chi connectivity index (χ4n) is 1.14. The largest absolute Gasteiger partial charge is 0.330 e. The molecule has 0 aliphatic heterocycles. The number of benzene rings is 1. The van der Waals surface area contributed by atoms with E-state index in [-0.39, 0.29) is 11.9 Å². The minimum absolute atomic E-state index is 0.210. The van der Waals surface area contributed by atoms with Gasteiger partial charge in [-0.05, 0) is 30.7 Å². The average Bonchev–Trinajstić information content (AvgIpc) is 2.04. The second-order valence-electron chi connectivity index (χ2n) is 2.85. The van der Waals surface area contributed by atoms with Gasteiger partial charge in [0.2, 0.25) is 0 Å². The van der Waals surface area contributed by atoms with Crippen LogP contribution >= 0.6 is 11.6 Å². The van der Waals surface area contributed by atoms with Crippen LogP contribution in [-0.4, -0.2) is 6.54 Å². The molecule has 4 N–H and O–H groups in total. The van der Waals surface area contributed by atoms with Crippen molar-refractivity contribution >= 4 is 11.6 Å². The Morgan fingerprint density at radius 1 is 1.46 bits per heavy atom. The maximum absolute atomic E-state index is 12.6. The van der Waals surface area contributed by atoms with Crippen LogP contribution in [0.1, 0.15) is 18.0 Å². The highest BCUT2D eigenvalue weighted by atomic mass is 35.5. The van der Waals surface area contributed by atoms with Crippen molar-refractivity contribution in [2.45, 2.75) is 12.5 Å². The maximum Gasteiger partial charge on any atom is 0.124 e. The summed E-state index contributed by atoms with van der Waals surface area (Å²) in [5.74, 6) is -0.353. The molecule has 1 atom stereocenters. The van der Waals surface area contributed by atoms with E-state index in [1.807, 2.05) is 0 Å². The lowest BCUT2D eigenvalue weighted by Gasteiger charge is -2.12. The minimum Gasteiger partial charge on any atom is -0.330 e. The number of hydrogen-bond donors (Lipinski definition) is 2. The van der Waals surface area contributed by atoms with Gasteiger partial charge in [-0.1, -0.05) is 17.7 Å². The highest BCUT2D eigenvalue weighted by molar-refractivity contribution is 6.31. The van der Waals surface area contributed by atoms with Crippen molar-refractivity contribution in [2.24, 2.45) is 11.5 Å². The summed E-state index contributed by atoms with van der Waals surface area (Å²) in [6.45, 7) is 0.495. The fourth-order valence-corrected chi connectivity index (χ4v) is 1.44. The van der Waals surface area contributed by atoms with E-state index in [2.05, 4.69) is 0 Å². The van der Waals surface area contributed by atoms with Crippen LogP contribution < -0.4 is 11.5 Å². The number of halogens is 2. The first-order valence-corrected chi connectivity index (χ1v) is 4.43. The van der Waals surface area contributed by atoms with Crippen molar-refractivity contribution in [3.63, 3.8) is 0 Å². The molecule has 0 fully saturated rings. The summed E-state index contributed by atoms with van der Waals surface area (Å²) >= 11 is 5.80.